The zero-order valence-corrected chi connectivity index (χ0v) is 18.2. The predicted octanol–water partition coefficient (Wildman–Crippen LogP) is 4.58. The first kappa shape index (κ1) is 21.4. The lowest BCUT2D eigenvalue weighted by Gasteiger charge is -2.23. The Hall–Kier alpha value is -3.40. The van der Waals surface area contributed by atoms with Gasteiger partial charge < -0.3 is 10.6 Å². The largest absolute Gasteiger partial charge is 0.417 e. The third-order valence-corrected chi connectivity index (χ3v) is 6.07. The number of alkyl halides is 3. The van der Waals surface area contributed by atoms with Crippen LogP contribution in [0.3, 0.4) is 0 Å². The van der Waals surface area contributed by atoms with E-state index in [1.807, 2.05) is 0 Å². The number of benzene rings is 1. The number of hydrogen-bond donors (Lipinski definition) is 1. The van der Waals surface area contributed by atoms with E-state index in [1.54, 1.807) is 35.0 Å². The zero-order valence-electron chi connectivity index (χ0n) is 17.4. The smallest absolute Gasteiger partial charge is 0.382 e. The lowest BCUT2D eigenvalue weighted by molar-refractivity contribution is -0.137. The van der Waals surface area contributed by atoms with Crippen LogP contribution in [0.5, 0.6) is 0 Å². The predicted molar refractivity (Wildman–Crippen MR) is 118 cm³/mol. The topological polar surface area (TPSA) is 89.9 Å². The molecular formula is C22H18ClF3N6O. The molecular weight excluding hydrogens is 457 g/mol. The fraction of sp³-hybridized carbons (Fsp3) is 0.273. The Morgan fingerprint density at radius 3 is 2.64 bits per heavy atom. The second-order valence-corrected chi connectivity index (χ2v) is 8.48. The molecule has 11 heteroatoms. The Balaban J connectivity index is 1.52. The fourth-order valence-corrected chi connectivity index (χ4v) is 4.16. The van der Waals surface area contributed by atoms with Crippen LogP contribution in [0.1, 0.15) is 34.5 Å². The molecule has 3 heterocycles. The molecule has 1 fully saturated rings. The van der Waals surface area contributed by atoms with Crippen LogP contribution in [-0.4, -0.2) is 36.6 Å². The third kappa shape index (κ3) is 3.84. The molecule has 0 saturated heterocycles. The van der Waals surface area contributed by atoms with Gasteiger partial charge in [0.05, 0.1) is 40.1 Å². The summed E-state index contributed by atoms with van der Waals surface area (Å²) in [4.78, 5) is 23.4. The van der Waals surface area contributed by atoms with Gasteiger partial charge in [-0.3, -0.25) is 14.5 Å². The summed E-state index contributed by atoms with van der Waals surface area (Å²) in [6.45, 7) is 0.0816. The summed E-state index contributed by atoms with van der Waals surface area (Å²) in [6, 6.07) is 5.51. The number of carbonyl (C=O) groups excluding carboxylic acids is 1. The number of nitrogens with zero attached hydrogens (tertiary/aromatic N) is 5. The standard InChI is InChI=1S/C22H18ClF3N6O/c1-31-19-16(9-29-31)14-6-15(17(23)7-18(14)30-20(19)27)21(33)32(13-4-5-13)10-12-3-2-11(8-28-12)22(24,25)26/h2-3,6-9,13H,4-5,10H2,1H3,(H2,27,30). The Morgan fingerprint density at radius 2 is 2.00 bits per heavy atom. The number of hydrogen-bond acceptors (Lipinski definition) is 5. The van der Waals surface area contributed by atoms with Crippen LogP contribution in [0.25, 0.3) is 21.8 Å². The van der Waals surface area contributed by atoms with E-state index >= 15 is 0 Å². The van der Waals surface area contributed by atoms with E-state index in [4.69, 9.17) is 17.3 Å². The molecule has 0 aliphatic heterocycles. The van der Waals surface area contributed by atoms with Gasteiger partial charge in [0, 0.05) is 30.1 Å². The van der Waals surface area contributed by atoms with Crippen molar-refractivity contribution in [2.45, 2.75) is 31.6 Å². The average Bonchev–Trinajstić information content (AvgIpc) is 3.52. The van der Waals surface area contributed by atoms with Crippen molar-refractivity contribution in [1.29, 1.82) is 0 Å². The number of fused-ring (bicyclic) bond motifs is 3. The SMILES string of the molecule is Cn1ncc2c3cc(C(=O)N(Cc4ccc(C(F)(F)F)cn4)C4CC4)c(Cl)cc3nc(N)c21. The Labute approximate surface area is 191 Å². The molecule has 1 aliphatic rings. The van der Waals surface area contributed by atoms with E-state index in [9.17, 15) is 18.0 Å². The summed E-state index contributed by atoms with van der Waals surface area (Å²) in [5.41, 5.74) is 7.07. The van der Waals surface area contributed by atoms with Gasteiger partial charge in [0.1, 0.15) is 11.3 Å². The number of aryl methyl sites for hydroxylation is 1. The van der Waals surface area contributed by atoms with Gasteiger partial charge in [-0.15, -0.1) is 0 Å². The van der Waals surface area contributed by atoms with Crippen molar-refractivity contribution in [2.24, 2.45) is 7.05 Å². The quantitative estimate of drug-likeness (QED) is 0.467. The number of rotatable bonds is 4. The zero-order chi connectivity index (χ0) is 23.5. The highest BCUT2D eigenvalue weighted by molar-refractivity contribution is 6.35. The van der Waals surface area contributed by atoms with E-state index in [1.165, 1.54) is 6.07 Å². The maximum absolute atomic E-state index is 13.5. The third-order valence-electron chi connectivity index (χ3n) is 5.76. The number of amides is 1. The summed E-state index contributed by atoms with van der Waals surface area (Å²) in [5.74, 6) is -0.0133. The highest BCUT2D eigenvalue weighted by atomic mass is 35.5. The summed E-state index contributed by atoms with van der Waals surface area (Å²) < 4.78 is 40.1. The highest BCUT2D eigenvalue weighted by Gasteiger charge is 2.35. The molecule has 0 radical (unpaired) electrons. The number of anilines is 1. The minimum atomic E-state index is -4.47. The first-order valence-corrected chi connectivity index (χ1v) is 10.5. The van der Waals surface area contributed by atoms with Crippen molar-refractivity contribution in [3.8, 4) is 0 Å². The molecule has 33 heavy (non-hydrogen) atoms. The highest BCUT2D eigenvalue weighted by Crippen LogP contribution is 2.35. The van der Waals surface area contributed by atoms with Gasteiger partial charge in [-0.05, 0) is 37.1 Å². The van der Waals surface area contributed by atoms with Crippen molar-refractivity contribution < 1.29 is 18.0 Å². The molecule has 0 atom stereocenters. The summed E-state index contributed by atoms with van der Waals surface area (Å²) in [6.07, 6.45) is -0.415. The lowest BCUT2D eigenvalue weighted by atomic mass is 10.1. The van der Waals surface area contributed by atoms with Gasteiger partial charge >= 0.3 is 6.18 Å². The second-order valence-electron chi connectivity index (χ2n) is 8.08. The molecule has 0 bridgehead atoms. The van der Waals surface area contributed by atoms with Crippen molar-refractivity contribution >= 4 is 45.1 Å². The van der Waals surface area contributed by atoms with E-state index in [2.05, 4.69) is 15.1 Å². The van der Waals surface area contributed by atoms with Gasteiger partial charge in [-0.2, -0.15) is 18.3 Å². The minimum Gasteiger partial charge on any atom is -0.382 e. The van der Waals surface area contributed by atoms with Crippen LogP contribution < -0.4 is 5.73 Å². The molecule has 2 N–H and O–H groups in total. The number of carbonyl (C=O) groups is 1. The van der Waals surface area contributed by atoms with Crippen LogP contribution in [-0.2, 0) is 19.8 Å². The van der Waals surface area contributed by atoms with E-state index in [0.29, 0.717) is 27.9 Å². The molecule has 170 valence electrons. The van der Waals surface area contributed by atoms with Crippen molar-refractivity contribution in [1.82, 2.24) is 24.6 Å². The summed E-state index contributed by atoms with van der Waals surface area (Å²) in [7, 11) is 1.75. The number of pyridine rings is 2. The molecule has 1 aromatic carbocycles. The van der Waals surface area contributed by atoms with Crippen molar-refractivity contribution in [3.05, 3.63) is 58.5 Å². The summed E-state index contributed by atoms with van der Waals surface area (Å²) >= 11 is 6.46. The van der Waals surface area contributed by atoms with Gasteiger partial charge in [0.2, 0.25) is 0 Å². The van der Waals surface area contributed by atoms with Crippen LogP contribution in [0.15, 0.2) is 36.7 Å². The molecule has 4 aromatic rings. The minimum absolute atomic E-state index is 0.0173. The molecule has 0 spiro atoms. The Kier molecular flexibility index (Phi) is 4.93. The van der Waals surface area contributed by atoms with Gasteiger partial charge in [-0.25, -0.2) is 4.98 Å². The summed E-state index contributed by atoms with van der Waals surface area (Å²) in [5, 5.41) is 5.88. The monoisotopic (exact) mass is 474 g/mol. The second kappa shape index (κ2) is 7.58. The normalized spacial score (nSPS) is 14.2. The first-order valence-electron chi connectivity index (χ1n) is 10.2. The molecule has 1 amide bonds. The number of nitrogens with two attached hydrogens (primary N) is 1. The molecule has 1 aliphatic carbocycles. The van der Waals surface area contributed by atoms with Gasteiger partial charge in [0.15, 0.2) is 0 Å². The average molecular weight is 475 g/mol. The van der Waals surface area contributed by atoms with Crippen LogP contribution >= 0.6 is 11.6 Å². The molecule has 7 nitrogen and oxygen atoms in total. The van der Waals surface area contributed by atoms with E-state index < -0.39 is 11.7 Å². The van der Waals surface area contributed by atoms with Crippen molar-refractivity contribution in [2.75, 3.05) is 5.73 Å². The molecule has 3 aromatic heterocycles. The number of aromatic nitrogens is 4. The van der Waals surface area contributed by atoms with Gasteiger partial charge in [-0.1, -0.05) is 11.6 Å². The van der Waals surface area contributed by atoms with Crippen LogP contribution in [0.4, 0.5) is 19.0 Å². The number of halogens is 4. The maximum Gasteiger partial charge on any atom is 0.417 e. The van der Waals surface area contributed by atoms with Crippen LogP contribution in [0, 0.1) is 0 Å². The van der Waals surface area contributed by atoms with Gasteiger partial charge in [0.25, 0.3) is 5.91 Å². The number of nitrogen functional groups attached to an aromatic ring is 1. The van der Waals surface area contributed by atoms with Crippen molar-refractivity contribution in [3.63, 3.8) is 0 Å². The molecule has 5 rings (SSSR count). The molecule has 0 unspecified atom stereocenters. The van der Waals surface area contributed by atoms with Crippen LogP contribution in [0.2, 0.25) is 5.02 Å². The maximum atomic E-state index is 13.5. The Bertz CT molecular complexity index is 1400. The lowest BCUT2D eigenvalue weighted by Crippen LogP contribution is -2.33. The Morgan fingerprint density at radius 1 is 1.24 bits per heavy atom. The van der Waals surface area contributed by atoms with E-state index in [0.717, 1.165) is 30.5 Å². The molecule has 1 saturated carbocycles. The van der Waals surface area contributed by atoms with E-state index in [-0.39, 0.29) is 29.1 Å². The first-order chi connectivity index (χ1) is 15.6. The fourth-order valence-electron chi connectivity index (χ4n) is 3.92.